The van der Waals surface area contributed by atoms with Crippen molar-refractivity contribution in [2.24, 2.45) is 5.14 Å². The maximum Gasteiger partial charge on any atom is 0.248 e. The number of hydrogen-bond acceptors (Lipinski definition) is 7. The van der Waals surface area contributed by atoms with Crippen molar-refractivity contribution in [3.8, 4) is 11.5 Å². The molecule has 0 radical (unpaired) electrons. The number of thiophene rings is 1. The highest BCUT2D eigenvalue weighted by Crippen LogP contribution is 2.21. The molecular weight excluding hydrogens is 388 g/mol. The van der Waals surface area contributed by atoms with Crippen LogP contribution < -0.4 is 10.5 Å². The molecule has 1 unspecified atom stereocenters. The smallest absolute Gasteiger partial charge is 0.248 e. The molecule has 1 aromatic carbocycles. The molecule has 0 saturated heterocycles. The number of nitrogens with one attached hydrogen (secondary N) is 1. The first kappa shape index (κ1) is 19.2. The van der Waals surface area contributed by atoms with Crippen molar-refractivity contribution in [2.45, 2.75) is 30.7 Å². The summed E-state index contributed by atoms with van der Waals surface area (Å²) in [5.41, 5.74) is 1.50. The Labute approximate surface area is 160 Å². The van der Waals surface area contributed by atoms with Gasteiger partial charge < -0.3 is 9.73 Å². The lowest BCUT2D eigenvalue weighted by Crippen LogP contribution is -2.27. The molecule has 27 heavy (non-hydrogen) atoms. The second kappa shape index (κ2) is 7.99. The minimum atomic E-state index is -3.79. The van der Waals surface area contributed by atoms with Gasteiger partial charge in [0, 0.05) is 23.8 Å². The summed E-state index contributed by atoms with van der Waals surface area (Å²) in [6, 6.07) is 7.68. The number of aryl methyl sites for hydroxylation is 1. The van der Waals surface area contributed by atoms with Crippen LogP contribution in [0.5, 0.6) is 0 Å². The predicted octanol–water partition coefficient (Wildman–Crippen LogP) is 2.26. The second-order valence-electron chi connectivity index (χ2n) is 5.92. The van der Waals surface area contributed by atoms with Gasteiger partial charge in [0.05, 0.1) is 10.9 Å². The molecule has 0 bridgehead atoms. The average molecular weight is 406 g/mol. The zero-order valence-electron chi connectivity index (χ0n) is 14.5. The highest BCUT2D eigenvalue weighted by Gasteiger charge is 2.15. The fraction of sp³-hybridized carbons (Fsp3) is 0.235. The second-order valence-corrected chi connectivity index (χ2v) is 8.26. The van der Waals surface area contributed by atoms with Gasteiger partial charge in [-0.05, 0) is 36.1 Å². The van der Waals surface area contributed by atoms with Gasteiger partial charge in [-0.1, -0.05) is 12.1 Å². The molecular formula is C17H18N4O4S2. The molecule has 10 heteroatoms. The van der Waals surface area contributed by atoms with Crippen molar-refractivity contribution in [1.82, 2.24) is 15.5 Å². The van der Waals surface area contributed by atoms with Gasteiger partial charge in [-0.15, -0.1) is 10.2 Å². The molecule has 2 aromatic heterocycles. The van der Waals surface area contributed by atoms with Crippen LogP contribution in [0.4, 0.5) is 0 Å². The number of carbonyl (C=O) groups is 1. The standard InChI is InChI=1S/C17H18N4O4S2/c1-11(12-3-2-4-14(9-12)27(18,23)24)19-15(22)5-6-16-20-21-17(25-16)13-7-8-26-10-13/h2-4,7-11H,5-6H2,1H3,(H,19,22)(H2,18,23,24). The maximum atomic E-state index is 12.2. The average Bonchev–Trinajstić information content (AvgIpc) is 3.30. The number of primary sulfonamides is 1. The number of benzene rings is 1. The lowest BCUT2D eigenvalue weighted by Gasteiger charge is -2.14. The fourth-order valence-electron chi connectivity index (χ4n) is 2.44. The van der Waals surface area contributed by atoms with Crippen LogP contribution in [0.1, 0.15) is 30.8 Å². The summed E-state index contributed by atoms with van der Waals surface area (Å²) < 4.78 is 28.4. The van der Waals surface area contributed by atoms with Crippen molar-refractivity contribution >= 4 is 27.3 Å². The van der Waals surface area contributed by atoms with E-state index in [4.69, 9.17) is 9.56 Å². The van der Waals surface area contributed by atoms with Crippen LogP contribution in [0, 0.1) is 0 Å². The molecule has 0 fully saturated rings. The van der Waals surface area contributed by atoms with Crippen molar-refractivity contribution in [1.29, 1.82) is 0 Å². The summed E-state index contributed by atoms with van der Waals surface area (Å²) in [6.07, 6.45) is 0.484. The number of nitrogens with two attached hydrogens (primary N) is 1. The topological polar surface area (TPSA) is 128 Å². The van der Waals surface area contributed by atoms with Crippen molar-refractivity contribution in [2.75, 3.05) is 0 Å². The molecule has 1 atom stereocenters. The summed E-state index contributed by atoms with van der Waals surface area (Å²) in [4.78, 5) is 12.2. The van der Waals surface area contributed by atoms with Crippen molar-refractivity contribution in [3.05, 3.63) is 52.5 Å². The number of nitrogens with zero attached hydrogens (tertiary/aromatic N) is 2. The normalized spacial score (nSPS) is 12.7. The van der Waals surface area contributed by atoms with Crippen LogP contribution in [0.2, 0.25) is 0 Å². The number of carbonyl (C=O) groups excluding carboxylic acids is 1. The summed E-state index contributed by atoms with van der Waals surface area (Å²) in [5.74, 6) is 0.605. The van der Waals surface area contributed by atoms with Crippen molar-refractivity contribution in [3.63, 3.8) is 0 Å². The first-order valence-corrected chi connectivity index (χ1v) is 10.6. The fourth-order valence-corrected chi connectivity index (χ4v) is 3.63. The van der Waals surface area contributed by atoms with Crippen LogP contribution in [0.3, 0.4) is 0 Å². The number of amides is 1. The molecule has 0 spiro atoms. The Balaban J connectivity index is 1.56. The van der Waals surface area contributed by atoms with Gasteiger partial charge in [-0.3, -0.25) is 4.79 Å². The van der Waals surface area contributed by atoms with Crippen LogP contribution >= 0.6 is 11.3 Å². The molecule has 0 aliphatic carbocycles. The van der Waals surface area contributed by atoms with Crippen LogP contribution in [-0.4, -0.2) is 24.5 Å². The lowest BCUT2D eigenvalue weighted by atomic mass is 10.1. The Morgan fingerprint density at radius 3 is 2.85 bits per heavy atom. The van der Waals surface area contributed by atoms with E-state index in [0.717, 1.165) is 5.56 Å². The van der Waals surface area contributed by atoms with Gasteiger partial charge in [-0.2, -0.15) is 11.3 Å². The SMILES string of the molecule is CC(NC(=O)CCc1nnc(-c2ccsc2)o1)c1cccc(S(N)(=O)=O)c1. The summed E-state index contributed by atoms with van der Waals surface area (Å²) in [7, 11) is -3.79. The highest BCUT2D eigenvalue weighted by molar-refractivity contribution is 7.89. The third-order valence-electron chi connectivity index (χ3n) is 3.87. The minimum absolute atomic E-state index is 0.00733. The molecule has 3 rings (SSSR count). The predicted molar refractivity (Wildman–Crippen MR) is 100 cm³/mol. The van der Waals surface area contributed by atoms with E-state index in [1.165, 1.54) is 23.5 Å². The summed E-state index contributed by atoms with van der Waals surface area (Å²) >= 11 is 1.53. The molecule has 2 heterocycles. The zero-order chi connectivity index (χ0) is 19.4. The first-order chi connectivity index (χ1) is 12.8. The largest absolute Gasteiger partial charge is 0.421 e. The van der Waals surface area contributed by atoms with E-state index >= 15 is 0 Å². The zero-order valence-corrected chi connectivity index (χ0v) is 16.1. The molecule has 3 aromatic rings. The van der Waals surface area contributed by atoms with E-state index in [1.54, 1.807) is 19.1 Å². The number of aromatic nitrogens is 2. The highest BCUT2D eigenvalue weighted by atomic mass is 32.2. The molecule has 1 amide bonds. The van der Waals surface area contributed by atoms with E-state index in [-0.39, 0.29) is 23.3 Å². The maximum absolute atomic E-state index is 12.2. The Morgan fingerprint density at radius 2 is 2.15 bits per heavy atom. The van der Waals surface area contributed by atoms with E-state index < -0.39 is 10.0 Å². The van der Waals surface area contributed by atoms with E-state index in [1.807, 2.05) is 16.8 Å². The quantitative estimate of drug-likeness (QED) is 0.619. The molecule has 0 aliphatic rings. The Bertz CT molecular complexity index is 1030. The number of sulfonamides is 1. The molecule has 0 saturated carbocycles. The molecule has 0 aliphatic heterocycles. The van der Waals surface area contributed by atoms with E-state index in [0.29, 0.717) is 23.8 Å². The Morgan fingerprint density at radius 1 is 1.33 bits per heavy atom. The third kappa shape index (κ3) is 5.00. The minimum Gasteiger partial charge on any atom is -0.421 e. The van der Waals surface area contributed by atoms with Gasteiger partial charge in [0.25, 0.3) is 0 Å². The number of rotatable bonds is 7. The van der Waals surface area contributed by atoms with Crippen LogP contribution in [-0.2, 0) is 21.2 Å². The van der Waals surface area contributed by atoms with Gasteiger partial charge in [0.1, 0.15) is 0 Å². The van der Waals surface area contributed by atoms with Gasteiger partial charge in [-0.25, -0.2) is 13.6 Å². The monoisotopic (exact) mass is 406 g/mol. The summed E-state index contributed by atoms with van der Waals surface area (Å²) in [5, 5.41) is 19.7. The van der Waals surface area contributed by atoms with Gasteiger partial charge >= 0.3 is 0 Å². The number of hydrogen-bond donors (Lipinski definition) is 2. The van der Waals surface area contributed by atoms with Crippen LogP contribution in [0.25, 0.3) is 11.5 Å². The molecule has 142 valence electrons. The first-order valence-electron chi connectivity index (χ1n) is 8.10. The van der Waals surface area contributed by atoms with E-state index in [2.05, 4.69) is 15.5 Å². The van der Waals surface area contributed by atoms with E-state index in [9.17, 15) is 13.2 Å². The molecule has 3 N–H and O–H groups in total. The Kier molecular flexibility index (Phi) is 5.68. The Hall–Kier alpha value is -2.56. The van der Waals surface area contributed by atoms with Crippen molar-refractivity contribution < 1.29 is 17.6 Å². The van der Waals surface area contributed by atoms with Crippen LogP contribution in [0.15, 0.2) is 50.4 Å². The van der Waals surface area contributed by atoms with Gasteiger partial charge in [0.2, 0.25) is 27.7 Å². The summed E-state index contributed by atoms with van der Waals surface area (Å²) in [6.45, 7) is 1.77. The molecule has 8 nitrogen and oxygen atoms in total. The van der Waals surface area contributed by atoms with Gasteiger partial charge in [0.15, 0.2) is 0 Å². The third-order valence-corrected chi connectivity index (χ3v) is 5.46. The lowest BCUT2D eigenvalue weighted by molar-refractivity contribution is -0.121.